The van der Waals surface area contributed by atoms with Crippen LogP contribution in [-0.4, -0.2) is 29.5 Å². The second-order valence-corrected chi connectivity index (χ2v) is 5.82. The summed E-state index contributed by atoms with van der Waals surface area (Å²) in [7, 11) is 0. The molecular weight excluding hydrogens is 335 g/mol. The second-order valence-electron chi connectivity index (χ2n) is 4.66. The summed E-state index contributed by atoms with van der Waals surface area (Å²) in [5.74, 6) is 0. The molecule has 0 saturated carbocycles. The van der Waals surface area contributed by atoms with Gasteiger partial charge in [0.2, 0.25) is 0 Å². The Balaban J connectivity index is 2.12. The Morgan fingerprint density at radius 1 is 1.22 bits per heavy atom. The molecule has 0 aliphatic heterocycles. The third kappa shape index (κ3) is 3.06. The maximum Gasteiger partial charge on any atom is 0.0467 e. The maximum atomic E-state index is 3.38. The number of aromatic nitrogens is 1. The second kappa shape index (κ2) is 6.57. The Morgan fingerprint density at radius 2 is 2.06 bits per heavy atom. The fraction of sp³-hybridized carbons (Fsp3) is 0.467. The Morgan fingerprint density at radius 3 is 2.78 bits per heavy atom. The first-order valence-corrected chi connectivity index (χ1v) is 7.81. The van der Waals surface area contributed by atoms with Crippen molar-refractivity contribution in [1.29, 1.82) is 0 Å². The van der Waals surface area contributed by atoms with Crippen LogP contribution in [0.2, 0.25) is 0 Å². The van der Waals surface area contributed by atoms with Crippen LogP contribution in [0, 0.1) is 3.57 Å². The van der Waals surface area contributed by atoms with Crippen molar-refractivity contribution in [2.75, 3.05) is 19.6 Å². The van der Waals surface area contributed by atoms with Crippen molar-refractivity contribution in [3.63, 3.8) is 0 Å². The fourth-order valence-electron chi connectivity index (χ4n) is 2.43. The molecule has 0 saturated heterocycles. The summed E-state index contributed by atoms with van der Waals surface area (Å²) < 4.78 is 1.35. The minimum absolute atomic E-state index is 1.13. The number of hydrogen-bond acceptors (Lipinski definition) is 1. The lowest BCUT2D eigenvalue weighted by Crippen LogP contribution is -2.26. The number of nitrogens with one attached hydrogen (secondary N) is 1. The van der Waals surface area contributed by atoms with E-state index in [1.54, 1.807) is 0 Å². The largest absolute Gasteiger partial charge is 0.361 e. The van der Waals surface area contributed by atoms with E-state index in [2.05, 4.69) is 70.7 Å². The first kappa shape index (κ1) is 13.9. The van der Waals surface area contributed by atoms with Crippen molar-refractivity contribution in [3.8, 4) is 0 Å². The number of rotatable bonds is 6. The van der Waals surface area contributed by atoms with Crippen LogP contribution in [-0.2, 0) is 6.42 Å². The van der Waals surface area contributed by atoms with Gasteiger partial charge < -0.3 is 9.88 Å². The number of H-pyrrole nitrogens is 1. The molecule has 1 heterocycles. The van der Waals surface area contributed by atoms with E-state index in [9.17, 15) is 0 Å². The van der Waals surface area contributed by atoms with Crippen molar-refractivity contribution in [2.24, 2.45) is 0 Å². The van der Waals surface area contributed by atoms with E-state index in [1.165, 1.54) is 33.0 Å². The molecule has 0 bridgehead atoms. The molecule has 2 nitrogen and oxygen atoms in total. The molecule has 0 unspecified atom stereocenters. The average molecular weight is 356 g/mol. The molecule has 3 heteroatoms. The highest BCUT2D eigenvalue weighted by Crippen LogP contribution is 2.24. The zero-order chi connectivity index (χ0) is 13.0. The van der Waals surface area contributed by atoms with Gasteiger partial charge in [-0.05, 0) is 66.2 Å². The molecular formula is C15H21IN2. The lowest BCUT2D eigenvalue weighted by atomic mass is 10.1. The van der Waals surface area contributed by atoms with Gasteiger partial charge in [-0.3, -0.25) is 0 Å². The summed E-state index contributed by atoms with van der Waals surface area (Å²) in [6, 6.07) is 6.45. The monoisotopic (exact) mass is 356 g/mol. The number of benzene rings is 1. The average Bonchev–Trinajstić information content (AvgIpc) is 2.79. The smallest absolute Gasteiger partial charge is 0.0467 e. The number of fused-ring (bicyclic) bond motifs is 1. The van der Waals surface area contributed by atoms with Crippen LogP contribution in [0.15, 0.2) is 24.4 Å². The number of likely N-dealkylation sites (N-methyl/N-ethyl adjacent to an activating group) is 1. The molecule has 0 aliphatic carbocycles. The molecule has 1 aromatic carbocycles. The molecule has 1 N–H and O–H groups in total. The quantitative estimate of drug-likeness (QED) is 0.774. The first-order valence-electron chi connectivity index (χ1n) is 6.73. The Hall–Kier alpha value is -0.550. The molecule has 18 heavy (non-hydrogen) atoms. The first-order chi connectivity index (χ1) is 8.76. The topological polar surface area (TPSA) is 19.0 Å². The summed E-state index contributed by atoms with van der Waals surface area (Å²) >= 11 is 2.43. The highest BCUT2D eigenvalue weighted by Gasteiger charge is 2.08. The maximum absolute atomic E-state index is 3.38. The molecule has 98 valence electrons. The summed E-state index contributed by atoms with van der Waals surface area (Å²) in [5.41, 5.74) is 2.71. The molecule has 0 atom stereocenters. The highest BCUT2D eigenvalue weighted by molar-refractivity contribution is 14.1. The third-order valence-electron chi connectivity index (χ3n) is 3.42. The van der Waals surface area contributed by atoms with Crippen molar-refractivity contribution >= 4 is 33.5 Å². The van der Waals surface area contributed by atoms with Gasteiger partial charge in [-0.2, -0.15) is 0 Å². The van der Waals surface area contributed by atoms with E-state index in [0.717, 1.165) is 19.5 Å². The lowest BCUT2D eigenvalue weighted by Gasteiger charge is -2.19. The van der Waals surface area contributed by atoms with Crippen molar-refractivity contribution in [2.45, 2.75) is 26.7 Å². The SMILES string of the molecule is CCCN(CC)CCc1c[nH]c2cccc(I)c12. The molecule has 0 spiro atoms. The Labute approximate surface area is 123 Å². The number of nitrogens with zero attached hydrogens (tertiary/aromatic N) is 1. The van der Waals surface area contributed by atoms with Crippen LogP contribution < -0.4 is 0 Å². The third-order valence-corrected chi connectivity index (χ3v) is 4.32. The van der Waals surface area contributed by atoms with Gasteiger partial charge >= 0.3 is 0 Å². The van der Waals surface area contributed by atoms with Crippen LogP contribution >= 0.6 is 22.6 Å². The van der Waals surface area contributed by atoms with Crippen molar-refractivity contribution in [1.82, 2.24) is 9.88 Å². The van der Waals surface area contributed by atoms with Gasteiger partial charge in [0.15, 0.2) is 0 Å². The molecule has 0 fully saturated rings. The number of halogens is 1. The van der Waals surface area contributed by atoms with Crippen LogP contribution in [0.5, 0.6) is 0 Å². The van der Waals surface area contributed by atoms with E-state index in [4.69, 9.17) is 0 Å². The highest BCUT2D eigenvalue weighted by atomic mass is 127. The predicted octanol–water partition coefficient (Wildman–Crippen LogP) is 4.05. The predicted molar refractivity (Wildman–Crippen MR) is 87.1 cm³/mol. The molecule has 2 aromatic rings. The van der Waals surface area contributed by atoms with E-state index < -0.39 is 0 Å². The summed E-state index contributed by atoms with van der Waals surface area (Å²) in [5, 5.41) is 1.41. The minimum Gasteiger partial charge on any atom is -0.361 e. The fourth-order valence-corrected chi connectivity index (χ4v) is 3.27. The van der Waals surface area contributed by atoms with Crippen LogP contribution in [0.4, 0.5) is 0 Å². The summed E-state index contributed by atoms with van der Waals surface area (Å²) in [6.07, 6.45) is 4.54. The van der Waals surface area contributed by atoms with Gasteiger partial charge in [-0.1, -0.05) is 19.9 Å². The van der Waals surface area contributed by atoms with Gasteiger partial charge in [0.1, 0.15) is 0 Å². The summed E-state index contributed by atoms with van der Waals surface area (Å²) in [6.45, 7) is 8.00. The van der Waals surface area contributed by atoms with E-state index in [-0.39, 0.29) is 0 Å². The summed E-state index contributed by atoms with van der Waals surface area (Å²) in [4.78, 5) is 5.90. The Bertz CT molecular complexity index is 504. The van der Waals surface area contributed by atoms with E-state index >= 15 is 0 Å². The van der Waals surface area contributed by atoms with Crippen LogP contribution in [0.3, 0.4) is 0 Å². The lowest BCUT2D eigenvalue weighted by molar-refractivity contribution is 0.293. The number of aromatic amines is 1. The van der Waals surface area contributed by atoms with Gasteiger partial charge in [-0.25, -0.2) is 0 Å². The zero-order valence-corrected chi connectivity index (χ0v) is 13.3. The van der Waals surface area contributed by atoms with E-state index in [1.807, 2.05) is 0 Å². The van der Waals surface area contributed by atoms with Crippen molar-refractivity contribution < 1.29 is 0 Å². The normalized spacial score (nSPS) is 11.6. The van der Waals surface area contributed by atoms with E-state index in [0.29, 0.717) is 0 Å². The van der Waals surface area contributed by atoms with Gasteiger partial charge in [0.25, 0.3) is 0 Å². The van der Waals surface area contributed by atoms with Crippen LogP contribution in [0.25, 0.3) is 10.9 Å². The molecule has 0 amide bonds. The van der Waals surface area contributed by atoms with Gasteiger partial charge in [0.05, 0.1) is 0 Å². The Kier molecular flexibility index (Phi) is 5.06. The van der Waals surface area contributed by atoms with Gasteiger partial charge in [0, 0.05) is 27.2 Å². The molecule has 2 rings (SSSR count). The molecule has 0 aliphatic rings. The minimum atomic E-state index is 1.13. The number of hydrogen-bond donors (Lipinski definition) is 1. The van der Waals surface area contributed by atoms with Gasteiger partial charge in [-0.15, -0.1) is 0 Å². The molecule has 1 aromatic heterocycles. The van der Waals surface area contributed by atoms with Crippen LogP contribution in [0.1, 0.15) is 25.8 Å². The van der Waals surface area contributed by atoms with Crippen molar-refractivity contribution in [3.05, 3.63) is 33.5 Å². The molecule has 0 radical (unpaired) electrons. The zero-order valence-electron chi connectivity index (χ0n) is 11.2. The standard InChI is InChI=1S/C15H21IN2/c1-3-9-18(4-2)10-8-12-11-17-14-7-5-6-13(16)15(12)14/h5-7,11,17H,3-4,8-10H2,1-2H3.